The number of benzene rings is 1. The number of aromatic hydroxyl groups is 1. The number of nitriles is 1. The average Bonchev–Trinajstić information content (AvgIpc) is 2.51. The number of phenolic OH excluding ortho intramolecular Hbond substituents is 1. The third-order valence-corrected chi connectivity index (χ3v) is 3.82. The first-order valence-electron chi connectivity index (χ1n) is 7.28. The molecular formula is C16H22N2O3. The molecule has 1 atom stereocenters. The van der Waals surface area contributed by atoms with Gasteiger partial charge in [-0.2, -0.15) is 5.26 Å². The van der Waals surface area contributed by atoms with Crippen LogP contribution in [0.15, 0.2) is 18.2 Å². The number of phenols is 1. The zero-order valence-electron chi connectivity index (χ0n) is 12.6. The number of morpholine rings is 1. The molecule has 0 amide bonds. The van der Waals surface area contributed by atoms with Crippen molar-refractivity contribution < 1.29 is 14.6 Å². The van der Waals surface area contributed by atoms with Gasteiger partial charge < -0.3 is 14.6 Å². The van der Waals surface area contributed by atoms with E-state index < -0.39 is 5.54 Å². The standard InChI is InChI=1S/C16H22N2O3/c1-3-21-15-10-13(4-5-14(15)19)11-16(2,12-17)18-6-8-20-9-7-18/h4-5,10,19H,3,6-9,11H2,1-2H3. The van der Waals surface area contributed by atoms with Crippen molar-refractivity contribution in [1.82, 2.24) is 4.90 Å². The van der Waals surface area contributed by atoms with Gasteiger partial charge in [0.25, 0.3) is 0 Å². The van der Waals surface area contributed by atoms with Crippen molar-refractivity contribution in [2.75, 3.05) is 32.9 Å². The molecule has 0 aromatic heterocycles. The van der Waals surface area contributed by atoms with Crippen molar-refractivity contribution in [3.63, 3.8) is 0 Å². The Morgan fingerprint density at radius 2 is 2.14 bits per heavy atom. The monoisotopic (exact) mass is 290 g/mol. The van der Waals surface area contributed by atoms with Crippen LogP contribution in [-0.4, -0.2) is 48.5 Å². The zero-order valence-corrected chi connectivity index (χ0v) is 12.6. The minimum absolute atomic E-state index is 0.130. The van der Waals surface area contributed by atoms with E-state index in [9.17, 15) is 10.4 Å². The van der Waals surface area contributed by atoms with Crippen molar-refractivity contribution in [1.29, 1.82) is 5.26 Å². The fourth-order valence-corrected chi connectivity index (χ4v) is 2.62. The predicted molar refractivity (Wildman–Crippen MR) is 79.4 cm³/mol. The summed E-state index contributed by atoms with van der Waals surface area (Å²) < 4.78 is 10.8. The Labute approximate surface area is 125 Å². The minimum Gasteiger partial charge on any atom is -0.504 e. The normalized spacial score (nSPS) is 18.7. The third kappa shape index (κ3) is 3.66. The highest BCUT2D eigenvalue weighted by Crippen LogP contribution is 2.30. The first-order chi connectivity index (χ1) is 10.1. The third-order valence-electron chi connectivity index (χ3n) is 3.82. The van der Waals surface area contributed by atoms with Crippen LogP contribution in [0.5, 0.6) is 11.5 Å². The molecule has 21 heavy (non-hydrogen) atoms. The van der Waals surface area contributed by atoms with E-state index in [4.69, 9.17) is 9.47 Å². The van der Waals surface area contributed by atoms with Gasteiger partial charge in [-0.1, -0.05) is 6.07 Å². The van der Waals surface area contributed by atoms with Crippen LogP contribution in [0.1, 0.15) is 19.4 Å². The van der Waals surface area contributed by atoms with Crippen LogP contribution in [0.25, 0.3) is 0 Å². The van der Waals surface area contributed by atoms with E-state index in [1.807, 2.05) is 26.0 Å². The summed E-state index contributed by atoms with van der Waals surface area (Å²) in [4.78, 5) is 2.16. The van der Waals surface area contributed by atoms with E-state index in [-0.39, 0.29) is 5.75 Å². The number of hydrogen-bond donors (Lipinski definition) is 1. The molecule has 5 heteroatoms. The van der Waals surface area contributed by atoms with Gasteiger partial charge >= 0.3 is 0 Å². The molecule has 1 aliphatic heterocycles. The summed E-state index contributed by atoms with van der Waals surface area (Å²) in [6, 6.07) is 7.71. The molecule has 1 aromatic carbocycles. The topological polar surface area (TPSA) is 65.7 Å². The summed E-state index contributed by atoms with van der Waals surface area (Å²) in [5.41, 5.74) is 0.399. The van der Waals surface area contributed by atoms with Crippen molar-refractivity contribution in [2.45, 2.75) is 25.8 Å². The maximum Gasteiger partial charge on any atom is 0.161 e. The fourth-order valence-electron chi connectivity index (χ4n) is 2.62. The van der Waals surface area contributed by atoms with Crippen LogP contribution in [0, 0.1) is 11.3 Å². The number of nitrogens with zero attached hydrogens (tertiary/aromatic N) is 2. The minimum atomic E-state index is -0.579. The van der Waals surface area contributed by atoms with Gasteiger partial charge in [-0.15, -0.1) is 0 Å². The SMILES string of the molecule is CCOc1cc(CC(C)(C#N)N2CCOCC2)ccc1O. The lowest BCUT2D eigenvalue weighted by Crippen LogP contribution is -2.52. The quantitative estimate of drug-likeness (QED) is 0.898. The van der Waals surface area contributed by atoms with Crippen LogP contribution in [0.2, 0.25) is 0 Å². The Bertz CT molecular complexity index is 521. The second-order valence-electron chi connectivity index (χ2n) is 5.40. The number of rotatable bonds is 5. The highest BCUT2D eigenvalue weighted by atomic mass is 16.5. The molecule has 1 aliphatic rings. The van der Waals surface area contributed by atoms with Crippen LogP contribution in [0.4, 0.5) is 0 Å². The molecule has 1 saturated heterocycles. The first kappa shape index (κ1) is 15.6. The van der Waals surface area contributed by atoms with Crippen LogP contribution < -0.4 is 4.74 Å². The van der Waals surface area contributed by atoms with Crippen LogP contribution >= 0.6 is 0 Å². The summed E-state index contributed by atoms with van der Waals surface area (Å²) in [7, 11) is 0. The summed E-state index contributed by atoms with van der Waals surface area (Å²) in [5.74, 6) is 0.600. The Morgan fingerprint density at radius 1 is 1.43 bits per heavy atom. The van der Waals surface area contributed by atoms with Gasteiger partial charge in [0.15, 0.2) is 11.5 Å². The van der Waals surface area contributed by atoms with E-state index in [1.165, 1.54) is 0 Å². The molecule has 5 nitrogen and oxygen atoms in total. The molecule has 0 saturated carbocycles. The van der Waals surface area contributed by atoms with Crippen molar-refractivity contribution in [2.24, 2.45) is 0 Å². The Morgan fingerprint density at radius 3 is 2.76 bits per heavy atom. The molecule has 1 unspecified atom stereocenters. The van der Waals surface area contributed by atoms with E-state index in [2.05, 4.69) is 11.0 Å². The van der Waals surface area contributed by atoms with Crippen molar-refractivity contribution >= 4 is 0 Å². The molecule has 114 valence electrons. The molecule has 0 spiro atoms. The van der Waals surface area contributed by atoms with Crippen LogP contribution in [0.3, 0.4) is 0 Å². The van der Waals surface area contributed by atoms with Gasteiger partial charge in [0.05, 0.1) is 25.9 Å². The Balaban J connectivity index is 2.17. The highest BCUT2D eigenvalue weighted by Gasteiger charge is 2.33. The fraction of sp³-hybridized carbons (Fsp3) is 0.562. The smallest absolute Gasteiger partial charge is 0.161 e. The van der Waals surface area contributed by atoms with Crippen LogP contribution in [-0.2, 0) is 11.2 Å². The molecule has 1 heterocycles. The lowest BCUT2D eigenvalue weighted by Gasteiger charge is -2.38. The van der Waals surface area contributed by atoms with Crippen molar-refractivity contribution in [3.8, 4) is 17.6 Å². The Kier molecular flexibility index (Phi) is 5.05. The summed E-state index contributed by atoms with van der Waals surface area (Å²) >= 11 is 0. The van der Waals surface area contributed by atoms with Gasteiger partial charge in [-0.25, -0.2) is 0 Å². The van der Waals surface area contributed by atoms with Crippen molar-refractivity contribution in [3.05, 3.63) is 23.8 Å². The van der Waals surface area contributed by atoms with E-state index in [0.29, 0.717) is 32.0 Å². The summed E-state index contributed by atoms with van der Waals surface area (Å²) in [6.45, 7) is 7.18. The highest BCUT2D eigenvalue weighted by molar-refractivity contribution is 5.42. The maximum absolute atomic E-state index is 9.75. The molecule has 1 N–H and O–H groups in total. The molecule has 0 radical (unpaired) electrons. The molecule has 2 rings (SSSR count). The summed E-state index contributed by atoms with van der Waals surface area (Å²) in [6.07, 6.45) is 0.587. The molecule has 0 bridgehead atoms. The lowest BCUT2D eigenvalue weighted by molar-refractivity contribution is 0.00187. The van der Waals surface area contributed by atoms with Gasteiger partial charge in [-0.05, 0) is 31.5 Å². The Hall–Kier alpha value is -1.77. The number of ether oxygens (including phenoxy) is 2. The molecule has 1 aromatic rings. The first-order valence-corrected chi connectivity index (χ1v) is 7.28. The second kappa shape index (κ2) is 6.79. The predicted octanol–water partition coefficient (Wildman–Crippen LogP) is 1.95. The lowest BCUT2D eigenvalue weighted by atomic mass is 9.91. The largest absolute Gasteiger partial charge is 0.504 e. The van der Waals surface area contributed by atoms with Gasteiger partial charge in [0, 0.05) is 19.5 Å². The molecule has 0 aliphatic carbocycles. The summed E-state index contributed by atoms with van der Waals surface area (Å²) in [5, 5.41) is 19.4. The zero-order chi connectivity index (χ0) is 15.3. The van der Waals surface area contributed by atoms with Gasteiger partial charge in [0.1, 0.15) is 5.54 Å². The van der Waals surface area contributed by atoms with Gasteiger partial charge in [-0.3, -0.25) is 4.90 Å². The van der Waals surface area contributed by atoms with E-state index in [0.717, 1.165) is 18.7 Å². The number of hydrogen-bond acceptors (Lipinski definition) is 5. The van der Waals surface area contributed by atoms with Gasteiger partial charge in [0.2, 0.25) is 0 Å². The average molecular weight is 290 g/mol. The molecule has 1 fully saturated rings. The molecular weight excluding hydrogens is 268 g/mol. The maximum atomic E-state index is 9.75. The van der Waals surface area contributed by atoms with E-state index in [1.54, 1.807) is 6.07 Å². The van der Waals surface area contributed by atoms with E-state index >= 15 is 0 Å². The second-order valence-corrected chi connectivity index (χ2v) is 5.40.